The molecule has 4 amide bonds. The van der Waals surface area contributed by atoms with Crippen LogP contribution in [-0.2, 0) is 30.8 Å². The maximum absolute atomic E-state index is 15.4. The van der Waals surface area contributed by atoms with Gasteiger partial charge in [0, 0.05) is 33.8 Å². The van der Waals surface area contributed by atoms with E-state index in [1.807, 2.05) is 0 Å². The van der Waals surface area contributed by atoms with Crippen LogP contribution in [0.5, 0.6) is 11.5 Å². The molecule has 3 fully saturated rings. The molecular weight excluding hydrogens is 848 g/mol. The fourth-order valence-corrected chi connectivity index (χ4v) is 10.2. The van der Waals surface area contributed by atoms with Crippen LogP contribution in [0.15, 0.2) is 121 Å². The third kappa shape index (κ3) is 6.26. The molecule has 2 saturated heterocycles. The second kappa shape index (κ2) is 15.1. The van der Waals surface area contributed by atoms with Crippen LogP contribution in [0.3, 0.4) is 0 Å². The Bertz CT molecular complexity index is 2730. The predicted molar refractivity (Wildman–Crippen MR) is 220 cm³/mol. The molecule has 0 unspecified atom stereocenters. The molecule has 9 rings (SSSR count). The standard InChI is InChI=1S/C46H33Cl2F3N4O7/c1-62-35-9-5-8-31(39(35)57)37-29-18-19-30-36(43(60)54(41(30)58)28-16-10-24(11-17-28)38(56)23-6-3-2-4-7-23)32(29)21-33-42(59)55(44(61)45(33,37)25-12-14-27(47)15-13-25)53-40-34(48)20-26(22-52-40)46(49,50)51/h2-18,20,22,30,32-33,36-37,57H,19,21H2,1H3,(H,52,53)/t30-,32+,33-,36-,37+,45+/m0/s1. The van der Waals surface area contributed by atoms with E-state index in [9.17, 15) is 37.5 Å². The number of phenolic OH excluding ortho intramolecular Hbond substituents is 1. The first-order chi connectivity index (χ1) is 29.7. The van der Waals surface area contributed by atoms with Gasteiger partial charge in [0.2, 0.25) is 11.8 Å². The first kappa shape index (κ1) is 40.9. The number of amides is 4. The Kier molecular flexibility index (Phi) is 9.98. The molecule has 62 heavy (non-hydrogen) atoms. The number of hydrogen-bond acceptors (Lipinski definition) is 9. The van der Waals surface area contributed by atoms with E-state index in [1.165, 1.54) is 25.3 Å². The van der Waals surface area contributed by atoms with Crippen LogP contribution in [0, 0.1) is 23.7 Å². The fourth-order valence-electron chi connectivity index (χ4n) is 9.84. The van der Waals surface area contributed by atoms with Gasteiger partial charge in [-0.25, -0.2) is 4.98 Å². The molecule has 0 bridgehead atoms. The molecule has 2 aliphatic carbocycles. The average Bonchev–Trinajstić information content (AvgIpc) is 3.65. The zero-order valence-electron chi connectivity index (χ0n) is 32.4. The van der Waals surface area contributed by atoms with Gasteiger partial charge in [-0.05, 0) is 72.9 Å². The second-order valence-corrected chi connectivity index (χ2v) is 16.4. The number of para-hydroxylation sites is 1. The quantitative estimate of drug-likeness (QED) is 0.0890. The number of fused-ring (bicyclic) bond motifs is 4. The number of pyridine rings is 1. The number of carbonyl (C=O) groups excluding carboxylic acids is 5. The molecule has 314 valence electrons. The molecule has 16 heteroatoms. The average molecular weight is 882 g/mol. The van der Waals surface area contributed by atoms with Crippen molar-refractivity contribution in [3.05, 3.63) is 159 Å². The molecule has 4 aromatic carbocycles. The van der Waals surface area contributed by atoms with Crippen LogP contribution in [0.25, 0.3) is 0 Å². The van der Waals surface area contributed by atoms with Crippen molar-refractivity contribution in [3.8, 4) is 11.5 Å². The summed E-state index contributed by atoms with van der Waals surface area (Å²) in [4.78, 5) is 77.6. The number of aromatic nitrogens is 1. The van der Waals surface area contributed by atoms with E-state index in [0.717, 1.165) is 4.90 Å². The zero-order chi connectivity index (χ0) is 43.8. The topological polar surface area (TPSA) is 146 Å². The monoisotopic (exact) mass is 880 g/mol. The maximum atomic E-state index is 15.4. The minimum absolute atomic E-state index is 0.0571. The molecular formula is C46H33Cl2F3N4O7. The normalized spacial score (nSPS) is 24.4. The number of phenols is 1. The lowest BCUT2D eigenvalue weighted by Gasteiger charge is -2.50. The van der Waals surface area contributed by atoms with Gasteiger partial charge in [-0.2, -0.15) is 18.2 Å². The highest BCUT2D eigenvalue weighted by atomic mass is 35.5. The van der Waals surface area contributed by atoms with Crippen LogP contribution in [-0.4, -0.2) is 51.6 Å². The van der Waals surface area contributed by atoms with E-state index in [4.69, 9.17) is 27.9 Å². The van der Waals surface area contributed by atoms with Gasteiger partial charge in [-0.1, -0.05) is 89.4 Å². The molecule has 1 aromatic heterocycles. The molecule has 0 radical (unpaired) electrons. The second-order valence-electron chi connectivity index (χ2n) is 15.6. The Morgan fingerprint density at radius 3 is 2.23 bits per heavy atom. The van der Waals surface area contributed by atoms with Crippen LogP contribution in [0.4, 0.5) is 24.7 Å². The molecule has 11 nitrogen and oxygen atoms in total. The number of hydrazine groups is 1. The van der Waals surface area contributed by atoms with Gasteiger partial charge < -0.3 is 9.84 Å². The zero-order valence-corrected chi connectivity index (χ0v) is 33.9. The van der Waals surface area contributed by atoms with Gasteiger partial charge in [-0.15, -0.1) is 0 Å². The van der Waals surface area contributed by atoms with E-state index < -0.39 is 81.2 Å². The van der Waals surface area contributed by atoms with Crippen LogP contribution >= 0.6 is 23.2 Å². The molecule has 0 spiro atoms. The number of alkyl halides is 3. The van der Waals surface area contributed by atoms with Crippen molar-refractivity contribution in [2.45, 2.75) is 30.4 Å². The number of nitrogens with one attached hydrogen (secondary N) is 1. The summed E-state index contributed by atoms with van der Waals surface area (Å²) in [5.74, 6) is -8.80. The number of nitrogens with zero attached hydrogens (tertiary/aromatic N) is 3. The van der Waals surface area contributed by atoms with Crippen molar-refractivity contribution in [3.63, 3.8) is 0 Å². The van der Waals surface area contributed by atoms with Gasteiger partial charge >= 0.3 is 6.18 Å². The van der Waals surface area contributed by atoms with E-state index >= 15 is 4.79 Å². The third-order valence-electron chi connectivity index (χ3n) is 12.5. The van der Waals surface area contributed by atoms with Crippen molar-refractivity contribution < 1.29 is 47.0 Å². The summed E-state index contributed by atoms with van der Waals surface area (Å²) in [6, 6.07) is 26.4. The lowest BCUT2D eigenvalue weighted by Crippen LogP contribution is -2.53. The van der Waals surface area contributed by atoms with Gasteiger partial charge in [0.05, 0.1) is 46.6 Å². The van der Waals surface area contributed by atoms with E-state index in [1.54, 1.807) is 84.9 Å². The Hall–Kier alpha value is -6.51. The highest BCUT2D eigenvalue weighted by Gasteiger charge is 2.71. The number of hydrogen-bond donors (Lipinski definition) is 2. The summed E-state index contributed by atoms with van der Waals surface area (Å²) in [6.07, 6.45) is -2.54. The SMILES string of the molecule is COc1cccc([C@H]2C3=CC[C@@H]4C(=O)N(c5ccc(C(=O)c6ccccc6)cc5)C(=O)[C@@H]4[C@@H]3C[C@H]3C(=O)N(Nc4ncc(C(F)(F)F)cc4Cl)C(=O)[C@@]23c2ccc(Cl)cc2)c1O. The first-order valence-corrected chi connectivity index (χ1v) is 20.2. The molecule has 6 atom stereocenters. The van der Waals surface area contributed by atoms with E-state index in [2.05, 4.69) is 10.4 Å². The van der Waals surface area contributed by atoms with Crippen LogP contribution in [0.1, 0.15) is 51.4 Å². The molecule has 4 aliphatic rings. The lowest BCUT2D eigenvalue weighted by molar-refractivity contribution is -0.139. The highest BCUT2D eigenvalue weighted by Crippen LogP contribution is 2.65. The van der Waals surface area contributed by atoms with Crippen LogP contribution < -0.4 is 15.1 Å². The summed E-state index contributed by atoms with van der Waals surface area (Å²) in [6.45, 7) is 0. The van der Waals surface area contributed by atoms with Gasteiger partial charge in [0.25, 0.3) is 11.8 Å². The van der Waals surface area contributed by atoms with E-state index in [0.29, 0.717) is 44.6 Å². The summed E-state index contributed by atoms with van der Waals surface area (Å²) < 4.78 is 46.2. The maximum Gasteiger partial charge on any atom is 0.417 e. The summed E-state index contributed by atoms with van der Waals surface area (Å²) in [5.41, 5.74) is 1.64. The molecule has 2 N–H and O–H groups in total. The van der Waals surface area contributed by atoms with E-state index in [-0.39, 0.29) is 41.4 Å². The van der Waals surface area contributed by atoms with Crippen LogP contribution in [0.2, 0.25) is 10.0 Å². The molecule has 2 aliphatic heterocycles. The number of ether oxygens (including phenoxy) is 1. The number of carbonyl (C=O) groups is 5. The number of benzene rings is 4. The summed E-state index contributed by atoms with van der Waals surface area (Å²) in [5, 5.41) is 12.3. The predicted octanol–water partition coefficient (Wildman–Crippen LogP) is 8.54. The molecule has 3 heterocycles. The molecule has 1 saturated carbocycles. The number of allylic oxidation sites excluding steroid dienone is 2. The Balaban J connectivity index is 1.17. The summed E-state index contributed by atoms with van der Waals surface area (Å²) >= 11 is 12.6. The van der Waals surface area contributed by atoms with Gasteiger partial charge in [0.1, 0.15) is 0 Å². The van der Waals surface area contributed by atoms with Gasteiger partial charge in [-0.3, -0.25) is 34.3 Å². The number of halogens is 5. The Morgan fingerprint density at radius 2 is 1.56 bits per heavy atom. The summed E-state index contributed by atoms with van der Waals surface area (Å²) in [7, 11) is 1.35. The van der Waals surface area contributed by atoms with Crippen molar-refractivity contribution >= 4 is 64.1 Å². The number of ketones is 1. The fraction of sp³-hybridized carbons (Fsp3) is 0.217. The minimum atomic E-state index is -4.78. The number of anilines is 2. The van der Waals surface area contributed by atoms with Crippen molar-refractivity contribution in [1.29, 1.82) is 0 Å². The number of aromatic hydroxyl groups is 1. The van der Waals surface area contributed by atoms with Crippen molar-refractivity contribution in [2.75, 3.05) is 17.4 Å². The van der Waals surface area contributed by atoms with Crippen molar-refractivity contribution in [1.82, 2.24) is 9.99 Å². The first-order valence-electron chi connectivity index (χ1n) is 19.4. The van der Waals surface area contributed by atoms with Gasteiger partial charge in [0.15, 0.2) is 23.1 Å². The Morgan fingerprint density at radius 1 is 0.871 bits per heavy atom. The largest absolute Gasteiger partial charge is 0.504 e. The number of methoxy groups -OCH3 is 1. The lowest BCUT2D eigenvalue weighted by atomic mass is 9.49. The molecule has 5 aromatic rings. The smallest absolute Gasteiger partial charge is 0.417 e. The third-order valence-corrected chi connectivity index (χ3v) is 13.1. The van der Waals surface area contributed by atoms with Crippen molar-refractivity contribution in [2.24, 2.45) is 23.7 Å². The minimum Gasteiger partial charge on any atom is -0.504 e. The number of imide groups is 2. The highest BCUT2D eigenvalue weighted by molar-refractivity contribution is 6.33. The Labute approximate surface area is 361 Å². The number of rotatable bonds is 8.